The molecule has 0 aliphatic heterocycles. The molecule has 6 heteroatoms. The molecule has 0 unspecified atom stereocenters. The fourth-order valence-electron chi connectivity index (χ4n) is 2.10. The third-order valence-corrected chi connectivity index (χ3v) is 3.80. The van der Waals surface area contributed by atoms with Crippen LogP contribution in [0.3, 0.4) is 0 Å². The highest BCUT2D eigenvalue weighted by atomic mass is 35.5. The standard InChI is InChI=1S/C16H17ClN2O3/c1-19(7-8-21-13-4-2-3-12(17)9-13)16(20)14-10-15(22-18-14)11-5-6-11/h2-4,9-11H,5-8H2,1H3. The predicted molar refractivity (Wildman–Crippen MR) is 82.4 cm³/mol. The molecule has 1 heterocycles. The number of aromatic nitrogens is 1. The van der Waals surface area contributed by atoms with Crippen LogP contribution in [0.1, 0.15) is 35.0 Å². The molecule has 3 rings (SSSR count). The molecule has 1 aliphatic carbocycles. The van der Waals surface area contributed by atoms with E-state index in [2.05, 4.69) is 5.16 Å². The fourth-order valence-corrected chi connectivity index (χ4v) is 2.28. The maximum absolute atomic E-state index is 12.2. The number of likely N-dealkylation sites (N-methyl/N-ethyl adjacent to an activating group) is 1. The number of carbonyl (C=O) groups excluding carboxylic acids is 1. The van der Waals surface area contributed by atoms with Gasteiger partial charge in [0.05, 0.1) is 6.54 Å². The van der Waals surface area contributed by atoms with Gasteiger partial charge in [0.1, 0.15) is 18.1 Å². The number of ether oxygens (including phenoxy) is 1. The molecule has 0 saturated heterocycles. The molecule has 1 saturated carbocycles. The number of carbonyl (C=O) groups is 1. The summed E-state index contributed by atoms with van der Waals surface area (Å²) in [4.78, 5) is 13.8. The first-order chi connectivity index (χ1) is 10.6. The molecule has 1 aromatic carbocycles. The van der Waals surface area contributed by atoms with Crippen molar-refractivity contribution >= 4 is 17.5 Å². The normalized spacial score (nSPS) is 13.9. The van der Waals surface area contributed by atoms with Crippen LogP contribution in [0.2, 0.25) is 5.02 Å². The molecule has 0 radical (unpaired) electrons. The van der Waals surface area contributed by atoms with E-state index in [9.17, 15) is 4.79 Å². The van der Waals surface area contributed by atoms with Crippen molar-refractivity contribution in [3.63, 3.8) is 0 Å². The van der Waals surface area contributed by atoms with Crippen molar-refractivity contribution in [2.45, 2.75) is 18.8 Å². The van der Waals surface area contributed by atoms with E-state index in [1.54, 1.807) is 30.1 Å². The predicted octanol–water partition coefficient (Wildman–Crippen LogP) is 3.36. The van der Waals surface area contributed by atoms with E-state index in [-0.39, 0.29) is 5.91 Å². The molecule has 2 aromatic rings. The summed E-state index contributed by atoms with van der Waals surface area (Å²) in [5, 5.41) is 4.47. The van der Waals surface area contributed by atoms with Crippen LogP contribution in [0.25, 0.3) is 0 Å². The lowest BCUT2D eigenvalue weighted by atomic mass is 10.2. The highest BCUT2D eigenvalue weighted by Crippen LogP contribution is 2.40. The number of nitrogens with zero attached hydrogens (tertiary/aromatic N) is 2. The van der Waals surface area contributed by atoms with Crippen molar-refractivity contribution in [3.8, 4) is 5.75 Å². The fraction of sp³-hybridized carbons (Fsp3) is 0.375. The van der Waals surface area contributed by atoms with E-state index < -0.39 is 0 Å². The molecule has 1 amide bonds. The summed E-state index contributed by atoms with van der Waals surface area (Å²) >= 11 is 5.89. The molecule has 1 aromatic heterocycles. The Labute approximate surface area is 133 Å². The zero-order valence-corrected chi connectivity index (χ0v) is 13.0. The first kappa shape index (κ1) is 14.9. The summed E-state index contributed by atoms with van der Waals surface area (Å²) in [7, 11) is 1.72. The molecule has 1 fully saturated rings. The Morgan fingerprint density at radius 1 is 1.45 bits per heavy atom. The zero-order valence-electron chi connectivity index (χ0n) is 12.3. The van der Waals surface area contributed by atoms with Crippen molar-refractivity contribution in [1.82, 2.24) is 10.1 Å². The van der Waals surface area contributed by atoms with E-state index >= 15 is 0 Å². The lowest BCUT2D eigenvalue weighted by molar-refractivity contribution is 0.0763. The van der Waals surface area contributed by atoms with Gasteiger partial charge < -0.3 is 14.2 Å². The Bertz CT molecular complexity index is 667. The molecule has 0 spiro atoms. The molecule has 0 N–H and O–H groups in total. The molecule has 116 valence electrons. The highest BCUT2D eigenvalue weighted by Gasteiger charge is 2.29. The van der Waals surface area contributed by atoms with Crippen LogP contribution >= 0.6 is 11.6 Å². The Balaban J connectivity index is 1.50. The van der Waals surface area contributed by atoms with E-state index in [1.807, 2.05) is 12.1 Å². The minimum atomic E-state index is -0.162. The van der Waals surface area contributed by atoms with Gasteiger partial charge in [-0.1, -0.05) is 22.8 Å². The van der Waals surface area contributed by atoms with Gasteiger partial charge in [-0.25, -0.2) is 0 Å². The second-order valence-corrected chi connectivity index (χ2v) is 5.86. The van der Waals surface area contributed by atoms with Gasteiger partial charge in [0.15, 0.2) is 5.69 Å². The lowest BCUT2D eigenvalue weighted by Gasteiger charge is -2.16. The van der Waals surface area contributed by atoms with E-state index in [0.29, 0.717) is 35.5 Å². The smallest absolute Gasteiger partial charge is 0.275 e. The first-order valence-electron chi connectivity index (χ1n) is 7.24. The maximum atomic E-state index is 12.2. The summed E-state index contributed by atoms with van der Waals surface area (Å²) in [6, 6.07) is 8.91. The average molecular weight is 321 g/mol. The number of hydrogen-bond acceptors (Lipinski definition) is 4. The van der Waals surface area contributed by atoms with Crippen LogP contribution in [0.5, 0.6) is 5.75 Å². The van der Waals surface area contributed by atoms with Crippen molar-refractivity contribution in [2.24, 2.45) is 0 Å². The number of halogens is 1. The number of hydrogen-bond donors (Lipinski definition) is 0. The first-order valence-corrected chi connectivity index (χ1v) is 7.62. The van der Waals surface area contributed by atoms with Gasteiger partial charge in [-0.15, -0.1) is 0 Å². The molecule has 0 bridgehead atoms. The average Bonchev–Trinajstić information content (AvgIpc) is 3.24. The van der Waals surface area contributed by atoms with Crippen molar-refractivity contribution < 1.29 is 14.1 Å². The van der Waals surface area contributed by atoms with E-state index in [1.165, 1.54) is 0 Å². The molecule has 22 heavy (non-hydrogen) atoms. The van der Waals surface area contributed by atoms with Crippen LogP contribution in [-0.2, 0) is 0 Å². The molecular weight excluding hydrogens is 304 g/mol. The Morgan fingerprint density at radius 3 is 3.00 bits per heavy atom. The van der Waals surface area contributed by atoms with Gasteiger partial charge in [-0.05, 0) is 31.0 Å². The Hall–Kier alpha value is -2.01. The number of amides is 1. The topological polar surface area (TPSA) is 55.6 Å². The summed E-state index contributed by atoms with van der Waals surface area (Å²) in [6.07, 6.45) is 2.23. The molecule has 5 nitrogen and oxygen atoms in total. The quantitative estimate of drug-likeness (QED) is 0.819. The monoisotopic (exact) mass is 320 g/mol. The van der Waals surface area contributed by atoms with Crippen molar-refractivity contribution in [1.29, 1.82) is 0 Å². The van der Waals surface area contributed by atoms with Gasteiger partial charge in [0.25, 0.3) is 5.91 Å². The van der Waals surface area contributed by atoms with Crippen LogP contribution < -0.4 is 4.74 Å². The van der Waals surface area contributed by atoms with Crippen molar-refractivity contribution in [2.75, 3.05) is 20.2 Å². The third-order valence-electron chi connectivity index (χ3n) is 3.57. The summed E-state index contributed by atoms with van der Waals surface area (Å²) < 4.78 is 10.8. The largest absolute Gasteiger partial charge is 0.492 e. The SMILES string of the molecule is CN(CCOc1cccc(Cl)c1)C(=O)c1cc(C2CC2)on1. The molecule has 0 atom stereocenters. The second kappa shape index (κ2) is 6.40. The molecule has 1 aliphatic rings. The van der Waals surface area contributed by atoms with Gasteiger partial charge in [-0.3, -0.25) is 4.79 Å². The maximum Gasteiger partial charge on any atom is 0.275 e. The Kier molecular flexibility index (Phi) is 4.34. The number of benzene rings is 1. The van der Waals surface area contributed by atoms with Crippen LogP contribution in [0.4, 0.5) is 0 Å². The van der Waals surface area contributed by atoms with Gasteiger partial charge in [-0.2, -0.15) is 0 Å². The summed E-state index contributed by atoms with van der Waals surface area (Å²) in [5.74, 6) is 1.79. The molecular formula is C16H17ClN2O3. The van der Waals surface area contributed by atoms with Crippen LogP contribution in [-0.4, -0.2) is 36.2 Å². The Morgan fingerprint density at radius 2 is 2.27 bits per heavy atom. The highest BCUT2D eigenvalue weighted by molar-refractivity contribution is 6.30. The van der Waals surface area contributed by atoms with Crippen LogP contribution in [0, 0.1) is 0 Å². The van der Waals surface area contributed by atoms with E-state index in [0.717, 1.165) is 18.6 Å². The summed E-state index contributed by atoms with van der Waals surface area (Å²) in [6.45, 7) is 0.840. The van der Waals surface area contributed by atoms with Crippen LogP contribution in [0.15, 0.2) is 34.9 Å². The lowest BCUT2D eigenvalue weighted by Crippen LogP contribution is -2.31. The van der Waals surface area contributed by atoms with Gasteiger partial charge >= 0.3 is 0 Å². The minimum absolute atomic E-state index is 0.162. The third kappa shape index (κ3) is 3.60. The van der Waals surface area contributed by atoms with Gasteiger partial charge in [0, 0.05) is 24.1 Å². The van der Waals surface area contributed by atoms with Crippen molar-refractivity contribution in [3.05, 3.63) is 46.8 Å². The summed E-state index contributed by atoms with van der Waals surface area (Å²) in [5.41, 5.74) is 0.354. The number of rotatable bonds is 6. The zero-order chi connectivity index (χ0) is 15.5. The second-order valence-electron chi connectivity index (χ2n) is 5.42. The van der Waals surface area contributed by atoms with E-state index in [4.69, 9.17) is 20.9 Å². The minimum Gasteiger partial charge on any atom is -0.492 e. The van der Waals surface area contributed by atoms with Gasteiger partial charge in [0.2, 0.25) is 0 Å².